The molecule has 0 saturated carbocycles. The third-order valence-corrected chi connectivity index (χ3v) is 5.11. The number of rotatable bonds is 5. The van der Waals surface area contributed by atoms with Crippen molar-refractivity contribution < 1.29 is 9.53 Å². The number of ether oxygens (including phenoxy) is 1. The number of aromatic nitrogens is 2. The van der Waals surface area contributed by atoms with Crippen LogP contribution in [-0.4, -0.2) is 46.2 Å². The Morgan fingerprint density at radius 1 is 1.41 bits per heavy atom. The predicted octanol–water partition coefficient (Wildman–Crippen LogP) is 1.01. The first-order valence-corrected chi connectivity index (χ1v) is 8.32. The Balaban J connectivity index is 1.53. The monoisotopic (exact) mass is 306 g/mol. The summed E-state index contributed by atoms with van der Waals surface area (Å²) in [7, 11) is 0. The summed E-state index contributed by atoms with van der Waals surface area (Å²) in [6.07, 6.45) is 6.87. The maximum Gasteiger partial charge on any atom is 0.223 e. The number of carbonyl (C=O) groups is 1. The fraction of sp³-hybridized carbons (Fsp3) is 0.750. The molecule has 2 N–H and O–H groups in total. The molecule has 3 heterocycles. The Kier molecular flexibility index (Phi) is 4.78. The highest BCUT2D eigenvalue weighted by Crippen LogP contribution is 2.33. The average Bonchev–Trinajstić information content (AvgIpc) is 3.16. The fourth-order valence-corrected chi connectivity index (χ4v) is 3.80. The van der Waals surface area contributed by atoms with Crippen molar-refractivity contribution in [2.45, 2.75) is 45.4 Å². The summed E-state index contributed by atoms with van der Waals surface area (Å²) in [4.78, 5) is 18.4. The van der Waals surface area contributed by atoms with Gasteiger partial charge in [-0.1, -0.05) is 0 Å². The molecule has 0 radical (unpaired) electrons. The van der Waals surface area contributed by atoms with Crippen LogP contribution in [0, 0.1) is 11.8 Å². The molecule has 2 aliphatic rings. The highest BCUT2D eigenvalue weighted by atomic mass is 16.5. The van der Waals surface area contributed by atoms with Gasteiger partial charge in [0.1, 0.15) is 5.82 Å². The molecule has 22 heavy (non-hydrogen) atoms. The molecule has 6 nitrogen and oxygen atoms in total. The highest BCUT2D eigenvalue weighted by Gasteiger charge is 2.39. The maximum absolute atomic E-state index is 11.5. The molecular weight excluding hydrogens is 280 g/mol. The van der Waals surface area contributed by atoms with Crippen molar-refractivity contribution in [2.75, 3.05) is 19.7 Å². The summed E-state index contributed by atoms with van der Waals surface area (Å²) < 4.78 is 8.00. The second-order valence-corrected chi connectivity index (χ2v) is 6.38. The first kappa shape index (κ1) is 15.5. The molecule has 0 aliphatic carbocycles. The molecule has 1 amide bonds. The summed E-state index contributed by atoms with van der Waals surface area (Å²) in [5, 5.41) is 0. The fourth-order valence-electron chi connectivity index (χ4n) is 3.80. The molecule has 1 aromatic rings. The normalized spacial score (nSPS) is 27.3. The van der Waals surface area contributed by atoms with E-state index in [0.29, 0.717) is 12.5 Å². The summed E-state index contributed by atoms with van der Waals surface area (Å²) in [5.74, 6) is 1.31. The van der Waals surface area contributed by atoms with Gasteiger partial charge in [0.2, 0.25) is 5.91 Å². The van der Waals surface area contributed by atoms with Crippen LogP contribution in [0.4, 0.5) is 0 Å². The molecule has 0 aromatic carbocycles. The molecule has 3 rings (SSSR count). The molecule has 6 heteroatoms. The Labute approximate surface area is 131 Å². The van der Waals surface area contributed by atoms with Crippen molar-refractivity contribution in [3.63, 3.8) is 0 Å². The van der Waals surface area contributed by atoms with E-state index < -0.39 is 0 Å². The van der Waals surface area contributed by atoms with Crippen molar-refractivity contribution in [1.29, 1.82) is 0 Å². The lowest BCUT2D eigenvalue weighted by Crippen LogP contribution is -2.42. The van der Waals surface area contributed by atoms with E-state index in [0.717, 1.165) is 51.3 Å². The lowest BCUT2D eigenvalue weighted by atomic mass is 9.84. The number of carbonyl (C=O) groups excluding carboxylic acids is 1. The number of primary amides is 1. The van der Waals surface area contributed by atoms with Gasteiger partial charge in [0.25, 0.3) is 0 Å². The van der Waals surface area contributed by atoms with Crippen molar-refractivity contribution >= 4 is 5.91 Å². The van der Waals surface area contributed by atoms with Crippen LogP contribution in [0.2, 0.25) is 0 Å². The molecule has 2 atom stereocenters. The second-order valence-electron chi connectivity index (χ2n) is 6.38. The summed E-state index contributed by atoms with van der Waals surface area (Å²) in [6.45, 7) is 6.74. The molecule has 2 saturated heterocycles. The standard InChI is InChI=1S/C16H26N4O2/c1-2-20-9-6-18-14(20)11-19-7-3-12(4-8-19)15-13(16(17)21)5-10-22-15/h6,9,12-13,15H,2-5,7-8,10-11H2,1H3,(H2,17,21)/t13-,15+/m0/s1. The molecule has 1 aromatic heterocycles. The van der Waals surface area contributed by atoms with Gasteiger partial charge < -0.3 is 15.0 Å². The first-order chi connectivity index (χ1) is 10.7. The highest BCUT2D eigenvalue weighted by molar-refractivity contribution is 5.77. The summed E-state index contributed by atoms with van der Waals surface area (Å²) >= 11 is 0. The summed E-state index contributed by atoms with van der Waals surface area (Å²) in [5.41, 5.74) is 5.50. The Morgan fingerprint density at radius 2 is 2.18 bits per heavy atom. The van der Waals surface area contributed by atoms with Crippen LogP contribution < -0.4 is 5.73 Å². The minimum atomic E-state index is -0.199. The third kappa shape index (κ3) is 3.17. The van der Waals surface area contributed by atoms with E-state index >= 15 is 0 Å². The lowest BCUT2D eigenvalue weighted by molar-refractivity contribution is -0.124. The van der Waals surface area contributed by atoms with Gasteiger partial charge in [0.05, 0.1) is 18.6 Å². The Bertz CT molecular complexity index is 508. The van der Waals surface area contributed by atoms with Gasteiger partial charge in [-0.05, 0) is 45.2 Å². The van der Waals surface area contributed by atoms with E-state index in [9.17, 15) is 4.79 Å². The van der Waals surface area contributed by atoms with Crippen LogP contribution in [0.5, 0.6) is 0 Å². The van der Waals surface area contributed by atoms with E-state index in [2.05, 4.69) is 21.4 Å². The van der Waals surface area contributed by atoms with Gasteiger partial charge in [0.15, 0.2) is 0 Å². The van der Waals surface area contributed by atoms with Crippen molar-refractivity contribution in [3.8, 4) is 0 Å². The van der Waals surface area contributed by atoms with E-state index in [1.165, 1.54) is 0 Å². The average molecular weight is 306 g/mol. The van der Waals surface area contributed by atoms with Crippen LogP contribution in [-0.2, 0) is 22.6 Å². The molecule has 0 spiro atoms. The smallest absolute Gasteiger partial charge is 0.223 e. The topological polar surface area (TPSA) is 73.4 Å². The van der Waals surface area contributed by atoms with Gasteiger partial charge >= 0.3 is 0 Å². The Morgan fingerprint density at radius 3 is 2.86 bits per heavy atom. The number of hydrogen-bond acceptors (Lipinski definition) is 4. The molecule has 0 unspecified atom stereocenters. The molecule has 0 bridgehead atoms. The quantitative estimate of drug-likeness (QED) is 0.881. The minimum absolute atomic E-state index is 0.0391. The van der Waals surface area contributed by atoms with Gasteiger partial charge in [-0.3, -0.25) is 9.69 Å². The molecule has 122 valence electrons. The van der Waals surface area contributed by atoms with E-state index in [1.54, 1.807) is 0 Å². The van der Waals surface area contributed by atoms with Crippen LogP contribution in [0.3, 0.4) is 0 Å². The van der Waals surface area contributed by atoms with E-state index in [4.69, 9.17) is 10.5 Å². The van der Waals surface area contributed by atoms with E-state index in [-0.39, 0.29) is 17.9 Å². The van der Waals surface area contributed by atoms with E-state index in [1.807, 2.05) is 12.4 Å². The molecule has 2 aliphatic heterocycles. The summed E-state index contributed by atoms with van der Waals surface area (Å²) in [6, 6.07) is 0. The number of aryl methyl sites for hydroxylation is 1. The Hall–Kier alpha value is -1.40. The van der Waals surface area contributed by atoms with Crippen LogP contribution >= 0.6 is 0 Å². The number of nitrogens with zero attached hydrogens (tertiary/aromatic N) is 3. The molecular formula is C16H26N4O2. The zero-order valence-electron chi connectivity index (χ0n) is 13.3. The zero-order valence-corrected chi connectivity index (χ0v) is 13.3. The van der Waals surface area contributed by atoms with Crippen molar-refractivity contribution in [1.82, 2.24) is 14.5 Å². The molecule has 2 fully saturated rings. The van der Waals surface area contributed by atoms with Gasteiger partial charge in [-0.2, -0.15) is 0 Å². The van der Waals surface area contributed by atoms with Crippen molar-refractivity contribution in [3.05, 3.63) is 18.2 Å². The number of imidazole rings is 1. The number of hydrogen-bond donors (Lipinski definition) is 1. The second kappa shape index (κ2) is 6.79. The van der Waals surface area contributed by atoms with Gasteiger partial charge in [-0.25, -0.2) is 4.98 Å². The van der Waals surface area contributed by atoms with Gasteiger partial charge in [0, 0.05) is 25.5 Å². The predicted molar refractivity (Wildman–Crippen MR) is 82.9 cm³/mol. The van der Waals surface area contributed by atoms with Gasteiger partial charge in [-0.15, -0.1) is 0 Å². The SMILES string of the molecule is CCn1ccnc1CN1CCC([C@H]2OCC[C@@H]2C(N)=O)CC1. The minimum Gasteiger partial charge on any atom is -0.377 e. The third-order valence-electron chi connectivity index (χ3n) is 5.11. The first-order valence-electron chi connectivity index (χ1n) is 8.32. The number of likely N-dealkylation sites (tertiary alicyclic amines) is 1. The maximum atomic E-state index is 11.5. The van der Waals surface area contributed by atoms with Crippen LogP contribution in [0.1, 0.15) is 32.0 Å². The lowest BCUT2D eigenvalue weighted by Gasteiger charge is -2.35. The number of nitrogens with two attached hydrogens (primary N) is 1. The number of piperidine rings is 1. The van der Waals surface area contributed by atoms with Crippen LogP contribution in [0.15, 0.2) is 12.4 Å². The number of amides is 1. The van der Waals surface area contributed by atoms with Crippen molar-refractivity contribution in [2.24, 2.45) is 17.6 Å². The van der Waals surface area contributed by atoms with Crippen LogP contribution in [0.25, 0.3) is 0 Å². The largest absolute Gasteiger partial charge is 0.377 e. The zero-order chi connectivity index (χ0) is 15.5.